The average molecular weight is 490 g/mol. The van der Waals surface area contributed by atoms with Crippen molar-refractivity contribution in [2.24, 2.45) is 0 Å². The molecule has 36 heavy (non-hydrogen) atoms. The molecule has 2 heterocycles. The van der Waals surface area contributed by atoms with Crippen molar-refractivity contribution in [1.82, 2.24) is 0 Å². The van der Waals surface area contributed by atoms with Gasteiger partial charge in [-0.3, -0.25) is 0 Å². The molecule has 0 spiro atoms. The summed E-state index contributed by atoms with van der Waals surface area (Å²) in [6.45, 7) is 22.7. The summed E-state index contributed by atoms with van der Waals surface area (Å²) in [6.07, 6.45) is 4.15. The highest BCUT2D eigenvalue weighted by molar-refractivity contribution is 5.63. The van der Waals surface area contributed by atoms with Crippen LogP contribution in [-0.2, 0) is 4.74 Å². The van der Waals surface area contributed by atoms with Crippen LogP contribution in [0, 0.1) is 32.1 Å². The highest BCUT2D eigenvalue weighted by atomic mass is 16.5. The summed E-state index contributed by atoms with van der Waals surface area (Å²) in [6, 6.07) is 11.4. The van der Waals surface area contributed by atoms with Crippen molar-refractivity contribution < 1.29 is 4.74 Å². The molecule has 2 aliphatic rings. The number of ether oxygens (including phenoxy) is 1. The monoisotopic (exact) mass is 489 g/mol. The Morgan fingerprint density at radius 2 is 1.36 bits per heavy atom. The van der Waals surface area contributed by atoms with Gasteiger partial charge >= 0.3 is 0 Å². The largest absolute Gasteiger partial charge is 0.375 e. The van der Waals surface area contributed by atoms with Crippen molar-refractivity contribution in [3.8, 4) is 6.07 Å². The Morgan fingerprint density at radius 1 is 0.778 bits per heavy atom. The Bertz CT molecular complexity index is 1060. The van der Waals surface area contributed by atoms with E-state index in [0.29, 0.717) is 17.9 Å². The Labute approximate surface area is 220 Å². The molecular weight excluding hydrogens is 442 g/mol. The van der Waals surface area contributed by atoms with Crippen LogP contribution in [0.3, 0.4) is 0 Å². The molecule has 0 aromatic heterocycles. The van der Waals surface area contributed by atoms with E-state index in [1.165, 1.54) is 52.8 Å². The molecule has 4 rings (SSSR count). The van der Waals surface area contributed by atoms with Gasteiger partial charge in [0, 0.05) is 31.9 Å². The van der Waals surface area contributed by atoms with Crippen LogP contribution in [0.25, 0.3) is 0 Å². The number of benzene rings is 2. The lowest BCUT2D eigenvalue weighted by molar-refractivity contribution is 0.0532. The van der Waals surface area contributed by atoms with E-state index in [1.54, 1.807) is 0 Å². The summed E-state index contributed by atoms with van der Waals surface area (Å²) >= 11 is 0. The standard InChI is InChI=1S/C16H22N2.C16H25NO/c1-12(2)15-10-14(11-17)16(9-13(15)3)18-7-5-4-6-8-18;1-11(2)15-8-13(4)16(9-12(15)3)17-6-7-18-14(5)10-17/h9-10,12H,4-8H2,1-3H3;8-9,11,14H,6-7,10H2,1-5H3. The molecule has 1 unspecified atom stereocenters. The summed E-state index contributed by atoms with van der Waals surface area (Å²) in [5, 5.41) is 9.37. The van der Waals surface area contributed by atoms with E-state index >= 15 is 0 Å². The first-order chi connectivity index (χ1) is 17.1. The fraction of sp³-hybridized carbons (Fsp3) is 0.594. The lowest BCUT2D eigenvalue weighted by Gasteiger charge is -2.34. The Hall–Kier alpha value is -2.51. The third-order valence-electron chi connectivity index (χ3n) is 7.61. The molecule has 0 radical (unpaired) electrons. The Kier molecular flexibility index (Phi) is 9.85. The van der Waals surface area contributed by atoms with Crippen molar-refractivity contribution >= 4 is 11.4 Å². The fourth-order valence-corrected chi connectivity index (χ4v) is 5.64. The van der Waals surface area contributed by atoms with Gasteiger partial charge in [-0.25, -0.2) is 0 Å². The minimum absolute atomic E-state index is 0.336. The number of aryl methyl sites for hydroxylation is 3. The topological polar surface area (TPSA) is 39.5 Å². The van der Waals surface area contributed by atoms with Crippen LogP contribution in [0.15, 0.2) is 24.3 Å². The molecule has 2 aromatic carbocycles. The molecule has 0 saturated carbocycles. The van der Waals surface area contributed by atoms with Crippen LogP contribution in [0.1, 0.15) is 99.1 Å². The third kappa shape index (κ3) is 6.83. The van der Waals surface area contributed by atoms with Crippen molar-refractivity contribution in [2.45, 2.75) is 92.6 Å². The van der Waals surface area contributed by atoms with Crippen LogP contribution in [0.2, 0.25) is 0 Å². The van der Waals surface area contributed by atoms with E-state index in [9.17, 15) is 5.26 Å². The molecule has 0 bridgehead atoms. The molecule has 2 aliphatic heterocycles. The van der Waals surface area contributed by atoms with E-state index in [4.69, 9.17) is 4.74 Å². The van der Waals surface area contributed by atoms with Gasteiger partial charge in [-0.1, -0.05) is 33.8 Å². The van der Waals surface area contributed by atoms with Gasteiger partial charge in [-0.2, -0.15) is 5.26 Å². The first-order valence-corrected chi connectivity index (χ1v) is 13.9. The number of piperidine rings is 1. The quantitative estimate of drug-likeness (QED) is 0.442. The molecule has 4 heteroatoms. The van der Waals surface area contributed by atoms with Gasteiger partial charge in [-0.05, 0) is 105 Å². The first kappa shape index (κ1) is 28.1. The number of rotatable bonds is 4. The number of hydrogen-bond acceptors (Lipinski definition) is 4. The van der Waals surface area contributed by atoms with Crippen molar-refractivity contribution in [3.05, 3.63) is 57.6 Å². The predicted molar refractivity (Wildman–Crippen MR) is 154 cm³/mol. The number of morpholine rings is 1. The summed E-state index contributed by atoms with van der Waals surface area (Å²) in [4.78, 5) is 4.83. The van der Waals surface area contributed by atoms with Gasteiger partial charge in [0.15, 0.2) is 0 Å². The molecule has 2 aromatic rings. The van der Waals surface area contributed by atoms with E-state index in [0.717, 1.165) is 44.0 Å². The SMILES string of the molecule is Cc1cc(N2CCCCC2)c(C#N)cc1C(C)C.Cc1cc(N2CCOC(C)C2)c(C)cc1C(C)C. The average Bonchev–Trinajstić information content (AvgIpc) is 2.85. The summed E-state index contributed by atoms with van der Waals surface area (Å²) in [7, 11) is 0. The zero-order chi connectivity index (χ0) is 26.4. The van der Waals surface area contributed by atoms with Crippen LogP contribution in [0.5, 0.6) is 0 Å². The highest BCUT2D eigenvalue weighted by Gasteiger charge is 2.20. The van der Waals surface area contributed by atoms with E-state index in [2.05, 4.69) is 95.5 Å². The Morgan fingerprint density at radius 3 is 1.92 bits per heavy atom. The molecule has 2 fully saturated rings. The molecule has 1 atom stereocenters. The van der Waals surface area contributed by atoms with E-state index < -0.39 is 0 Å². The number of anilines is 2. The van der Waals surface area contributed by atoms with Crippen molar-refractivity contribution in [2.75, 3.05) is 42.6 Å². The molecular formula is C32H47N3O. The van der Waals surface area contributed by atoms with E-state index in [-0.39, 0.29) is 0 Å². The summed E-state index contributed by atoms with van der Waals surface area (Å²) in [5.41, 5.74) is 10.2. The van der Waals surface area contributed by atoms with Gasteiger partial charge in [0.05, 0.1) is 24.0 Å². The normalized spacial score (nSPS) is 18.2. The summed E-state index contributed by atoms with van der Waals surface area (Å²) < 4.78 is 5.62. The molecule has 2 saturated heterocycles. The fourth-order valence-electron chi connectivity index (χ4n) is 5.64. The Balaban J connectivity index is 0.000000201. The summed E-state index contributed by atoms with van der Waals surface area (Å²) in [5.74, 6) is 1.08. The van der Waals surface area contributed by atoms with Gasteiger partial charge in [-0.15, -0.1) is 0 Å². The molecule has 0 N–H and O–H groups in total. The maximum absolute atomic E-state index is 9.37. The molecule has 196 valence electrons. The highest BCUT2D eigenvalue weighted by Crippen LogP contribution is 2.31. The van der Waals surface area contributed by atoms with E-state index in [1.807, 2.05) is 0 Å². The number of nitrogens with zero attached hydrogens (tertiary/aromatic N) is 3. The zero-order valence-corrected chi connectivity index (χ0v) is 23.9. The van der Waals surface area contributed by atoms with Crippen LogP contribution in [-0.4, -0.2) is 38.9 Å². The minimum Gasteiger partial charge on any atom is -0.375 e. The lowest BCUT2D eigenvalue weighted by Crippen LogP contribution is -2.41. The predicted octanol–water partition coefficient (Wildman–Crippen LogP) is 7.63. The van der Waals surface area contributed by atoms with Gasteiger partial charge in [0.2, 0.25) is 0 Å². The van der Waals surface area contributed by atoms with Gasteiger partial charge in [0.1, 0.15) is 6.07 Å². The van der Waals surface area contributed by atoms with Gasteiger partial charge in [0.25, 0.3) is 0 Å². The van der Waals surface area contributed by atoms with Crippen LogP contribution >= 0.6 is 0 Å². The second-order valence-electron chi connectivity index (χ2n) is 11.3. The second kappa shape index (κ2) is 12.6. The lowest BCUT2D eigenvalue weighted by atomic mass is 9.94. The first-order valence-electron chi connectivity index (χ1n) is 13.9. The second-order valence-corrected chi connectivity index (χ2v) is 11.3. The maximum atomic E-state index is 9.37. The molecule has 4 nitrogen and oxygen atoms in total. The third-order valence-corrected chi connectivity index (χ3v) is 7.61. The molecule has 0 aliphatic carbocycles. The zero-order valence-electron chi connectivity index (χ0n) is 23.9. The maximum Gasteiger partial charge on any atom is 0.101 e. The van der Waals surface area contributed by atoms with Crippen LogP contribution in [0.4, 0.5) is 11.4 Å². The van der Waals surface area contributed by atoms with Crippen LogP contribution < -0.4 is 9.80 Å². The minimum atomic E-state index is 0.336. The van der Waals surface area contributed by atoms with Gasteiger partial charge < -0.3 is 14.5 Å². The molecule has 0 amide bonds. The number of hydrogen-bond donors (Lipinski definition) is 0. The smallest absolute Gasteiger partial charge is 0.101 e. The number of nitriles is 1. The van der Waals surface area contributed by atoms with Crippen molar-refractivity contribution in [3.63, 3.8) is 0 Å². The van der Waals surface area contributed by atoms with Crippen molar-refractivity contribution in [1.29, 1.82) is 5.26 Å².